The van der Waals surface area contributed by atoms with Crippen molar-refractivity contribution in [1.82, 2.24) is 0 Å². The van der Waals surface area contributed by atoms with E-state index in [-0.39, 0.29) is 5.60 Å². The van der Waals surface area contributed by atoms with Crippen molar-refractivity contribution in [2.45, 2.75) is 32.8 Å². The maximum absolute atomic E-state index is 6.05. The molecule has 0 N–H and O–H groups in total. The van der Waals surface area contributed by atoms with Gasteiger partial charge in [-0.05, 0) is 72.7 Å². The maximum atomic E-state index is 6.05. The number of hydrogen-bond acceptors (Lipinski definition) is 1. The van der Waals surface area contributed by atoms with Crippen LogP contribution in [0.2, 0.25) is 0 Å². The number of rotatable bonds is 2. The van der Waals surface area contributed by atoms with Crippen LogP contribution < -0.4 is 4.74 Å². The van der Waals surface area contributed by atoms with Crippen LogP contribution in [0.3, 0.4) is 0 Å². The van der Waals surface area contributed by atoms with Crippen LogP contribution in [-0.4, -0.2) is 5.60 Å². The number of benzene rings is 3. The molecular weight excluding hydrogens is 292 g/mol. The molecule has 0 radical (unpaired) electrons. The van der Waals surface area contributed by atoms with Crippen molar-refractivity contribution < 1.29 is 4.74 Å². The van der Waals surface area contributed by atoms with Crippen LogP contribution in [0, 0.1) is 0 Å². The SMILES string of the molecule is CC(C)(C)Oc1cccc(-c2cccc3c2Cc2ccccc2-3)c1. The molecule has 0 heterocycles. The van der Waals surface area contributed by atoms with E-state index in [9.17, 15) is 0 Å². The van der Waals surface area contributed by atoms with Crippen molar-refractivity contribution in [3.05, 3.63) is 77.9 Å². The van der Waals surface area contributed by atoms with Gasteiger partial charge >= 0.3 is 0 Å². The first kappa shape index (κ1) is 15.0. The van der Waals surface area contributed by atoms with E-state index in [4.69, 9.17) is 4.74 Å². The van der Waals surface area contributed by atoms with Crippen molar-refractivity contribution in [2.24, 2.45) is 0 Å². The van der Waals surface area contributed by atoms with Gasteiger partial charge in [0.05, 0.1) is 0 Å². The van der Waals surface area contributed by atoms with E-state index in [0.717, 1.165) is 12.2 Å². The summed E-state index contributed by atoms with van der Waals surface area (Å²) in [5, 5.41) is 0. The highest BCUT2D eigenvalue weighted by atomic mass is 16.5. The van der Waals surface area contributed by atoms with E-state index < -0.39 is 0 Å². The largest absolute Gasteiger partial charge is 0.488 e. The predicted octanol–water partition coefficient (Wildman–Crippen LogP) is 6.10. The molecule has 1 aliphatic carbocycles. The van der Waals surface area contributed by atoms with Crippen LogP contribution in [0.15, 0.2) is 66.7 Å². The predicted molar refractivity (Wildman–Crippen MR) is 101 cm³/mol. The van der Waals surface area contributed by atoms with Gasteiger partial charge in [-0.25, -0.2) is 0 Å². The zero-order valence-corrected chi connectivity index (χ0v) is 14.5. The number of fused-ring (bicyclic) bond motifs is 3. The Morgan fingerprint density at radius 2 is 1.46 bits per heavy atom. The zero-order chi connectivity index (χ0) is 16.7. The highest BCUT2D eigenvalue weighted by molar-refractivity contribution is 5.84. The van der Waals surface area contributed by atoms with E-state index in [1.54, 1.807) is 0 Å². The van der Waals surface area contributed by atoms with Gasteiger partial charge in [-0.1, -0.05) is 54.6 Å². The Kier molecular flexibility index (Phi) is 3.45. The molecule has 0 aromatic heterocycles. The Balaban J connectivity index is 1.79. The number of hydrogen-bond donors (Lipinski definition) is 0. The fraction of sp³-hybridized carbons (Fsp3) is 0.217. The molecule has 1 heteroatoms. The molecule has 4 rings (SSSR count). The third-order valence-corrected chi connectivity index (χ3v) is 4.42. The molecule has 0 bridgehead atoms. The summed E-state index contributed by atoms with van der Waals surface area (Å²) in [5.74, 6) is 0.924. The zero-order valence-electron chi connectivity index (χ0n) is 14.5. The molecular formula is C23H22O. The van der Waals surface area contributed by atoms with E-state index in [1.807, 2.05) is 6.07 Å². The van der Waals surface area contributed by atoms with Crippen molar-refractivity contribution in [3.63, 3.8) is 0 Å². The summed E-state index contributed by atoms with van der Waals surface area (Å²) in [5.41, 5.74) is 7.92. The van der Waals surface area contributed by atoms with Crippen molar-refractivity contribution in [1.29, 1.82) is 0 Å². The molecule has 0 fully saturated rings. The summed E-state index contributed by atoms with van der Waals surface area (Å²) in [6.45, 7) is 6.24. The van der Waals surface area contributed by atoms with Crippen LogP contribution in [-0.2, 0) is 6.42 Å². The highest BCUT2D eigenvalue weighted by Crippen LogP contribution is 2.41. The maximum Gasteiger partial charge on any atom is 0.120 e. The summed E-state index contributed by atoms with van der Waals surface area (Å²) in [4.78, 5) is 0. The average Bonchev–Trinajstić information content (AvgIpc) is 2.92. The van der Waals surface area contributed by atoms with E-state index in [0.29, 0.717) is 0 Å². The minimum Gasteiger partial charge on any atom is -0.488 e. The first-order chi connectivity index (χ1) is 11.5. The minimum absolute atomic E-state index is 0.187. The monoisotopic (exact) mass is 314 g/mol. The highest BCUT2D eigenvalue weighted by Gasteiger charge is 2.21. The van der Waals surface area contributed by atoms with Gasteiger partial charge in [-0.3, -0.25) is 0 Å². The molecule has 120 valence electrons. The normalized spacial score (nSPS) is 12.6. The van der Waals surface area contributed by atoms with Gasteiger partial charge < -0.3 is 4.74 Å². The van der Waals surface area contributed by atoms with Gasteiger partial charge in [-0.2, -0.15) is 0 Å². The molecule has 0 saturated carbocycles. The van der Waals surface area contributed by atoms with Gasteiger partial charge in [0.2, 0.25) is 0 Å². The molecule has 0 spiro atoms. The third-order valence-electron chi connectivity index (χ3n) is 4.42. The van der Waals surface area contributed by atoms with Crippen molar-refractivity contribution in [3.8, 4) is 28.0 Å². The fourth-order valence-corrected chi connectivity index (χ4v) is 3.51. The van der Waals surface area contributed by atoms with Gasteiger partial charge in [0.25, 0.3) is 0 Å². The first-order valence-electron chi connectivity index (χ1n) is 8.51. The second-order valence-electron chi connectivity index (χ2n) is 7.41. The van der Waals surface area contributed by atoms with Crippen molar-refractivity contribution in [2.75, 3.05) is 0 Å². The molecule has 3 aromatic rings. The molecule has 24 heavy (non-hydrogen) atoms. The fourth-order valence-electron chi connectivity index (χ4n) is 3.51. The summed E-state index contributed by atoms with van der Waals surface area (Å²) < 4.78 is 6.05. The molecule has 3 aromatic carbocycles. The van der Waals surface area contributed by atoms with Crippen molar-refractivity contribution >= 4 is 0 Å². The van der Waals surface area contributed by atoms with Crippen LogP contribution in [0.1, 0.15) is 31.9 Å². The topological polar surface area (TPSA) is 9.23 Å². The smallest absolute Gasteiger partial charge is 0.120 e. The minimum atomic E-state index is -0.187. The average molecular weight is 314 g/mol. The van der Waals surface area contributed by atoms with Crippen LogP contribution in [0.5, 0.6) is 5.75 Å². The van der Waals surface area contributed by atoms with Crippen LogP contribution in [0.4, 0.5) is 0 Å². The molecule has 0 unspecified atom stereocenters. The van der Waals surface area contributed by atoms with Gasteiger partial charge in [0.1, 0.15) is 11.4 Å². The van der Waals surface area contributed by atoms with Crippen LogP contribution in [0.25, 0.3) is 22.3 Å². The Bertz CT molecular complexity index is 900. The Morgan fingerprint density at radius 3 is 2.29 bits per heavy atom. The quantitative estimate of drug-likeness (QED) is 0.434. The lowest BCUT2D eigenvalue weighted by atomic mass is 9.95. The summed E-state index contributed by atoms with van der Waals surface area (Å²) >= 11 is 0. The molecule has 0 atom stereocenters. The molecule has 0 saturated heterocycles. The first-order valence-corrected chi connectivity index (χ1v) is 8.51. The Morgan fingerprint density at radius 1 is 0.750 bits per heavy atom. The second kappa shape index (κ2) is 5.52. The molecule has 1 aliphatic rings. The summed E-state index contributed by atoms with van der Waals surface area (Å²) in [7, 11) is 0. The number of ether oxygens (including phenoxy) is 1. The molecule has 1 nitrogen and oxygen atoms in total. The summed E-state index contributed by atoms with van der Waals surface area (Å²) in [6, 6.07) is 23.8. The van der Waals surface area contributed by atoms with Gasteiger partial charge in [0.15, 0.2) is 0 Å². The van der Waals surface area contributed by atoms with Gasteiger partial charge in [-0.15, -0.1) is 0 Å². The van der Waals surface area contributed by atoms with Gasteiger partial charge in [0, 0.05) is 0 Å². The van der Waals surface area contributed by atoms with E-state index in [1.165, 1.54) is 33.4 Å². The summed E-state index contributed by atoms with van der Waals surface area (Å²) in [6.07, 6.45) is 1.01. The lowest BCUT2D eigenvalue weighted by Gasteiger charge is -2.21. The third kappa shape index (κ3) is 2.71. The lowest BCUT2D eigenvalue weighted by Crippen LogP contribution is -2.22. The Hall–Kier alpha value is -2.54. The Labute approximate surface area is 143 Å². The van der Waals surface area contributed by atoms with E-state index >= 15 is 0 Å². The molecule has 0 aliphatic heterocycles. The molecule has 0 amide bonds. The van der Waals surface area contributed by atoms with E-state index in [2.05, 4.69) is 81.4 Å². The lowest BCUT2D eigenvalue weighted by molar-refractivity contribution is 0.131. The van der Waals surface area contributed by atoms with Crippen LogP contribution >= 0.6 is 0 Å². The standard InChI is InChI=1S/C23H22O/c1-23(2,3)24-18-10-6-9-16(14-18)20-12-7-13-21-19-11-5-4-8-17(19)15-22(20)21/h4-14H,15H2,1-3H3. The second-order valence-corrected chi connectivity index (χ2v) is 7.41.